The Bertz CT molecular complexity index is 887. The van der Waals surface area contributed by atoms with E-state index >= 15 is 0 Å². The number of para-hydroxylation sites is 1. The van der Waals surface area contributed by atoms with E-state index in [4.69, 9.17) is 13.9 Å². The van der Waals surface area contributed by atoms with Gasteiger partial charge in [0, 0.05) is 5.56 Å². The molecule has 0 unspecified atom stereocenters. The summed E-state index contributed by atoms with van der Waals surface area (Å²) in [7, 11) is 0. The second-order valence-corrected chi connectivity index (χ2v) is 6.00. The smallest absolute Gasteiger partial charge is 0.344 e. The molecule has 0 spiro atoms. The molecule has 3 rings (SSSR count). The van der Waals surface area contributed by atoms with Gasteiger partial charge in [-0.1, -0.05) is 35.9 Å². The van der Waals surface area contributed by atoms with E-state index in [0.29, 0.717) is 11.6 Å². The lowest BCUT2D eigenvalue weighted by Crippen LogP contribution is -2.17. The fourth-order valence-electron chi connectivity index (χ4n) is 2.35. The Morgan fingerprint density at radius 2 is 1.81 bits per heavy atom. The fraction of sp³-hybridized carbons (Fsp3) is 0.250. The summed E-state index contributed by atoms with van der Waals surface area (Å²) >= 11 is 0. The Balaban J connectivity index is 1.58. The first-order valence-corrected chi connectivity index (χ1v) is 8.31. The Kier molecular flexibility index (Phi) is 5.31. The molecule has 1 atom stereocenters. The highest BCUT2D eigenvalue weighted by atomic mass is 16.6. The summed E-state index contributed by atoms with van der Waals surface area (Å²) in [6, 6.07) is 15.2. The first kappa shape index (κ1) is 17.7. The predicted molar refractivity (Wildman–Crippen MR) is 95.7 cm³/mol. The number of aromatic nitrogens is 2. The van der Waals surface area contributed by atoms with Crippen LogP contribution in [-0.4, -0.2) is 22.8 Å². The standard InChI is InChI=1S/C20H20N2O4/c1-13-8-10-16(11-9-13)20-22-21-19(26-20)15(3)25-18(23)12-24-17-7-5-4-6-14(17)2/h4-11,15H,12H2,1-3H3/t15-/m0/s1. The molecule has 3 aromatic rings. The van der Waals surface area contributed by atoms with Crippen molar-refractivity contribution in [3.63, 3.8) is 0 Å². The number of carbonyl (C=O) groups is 1. The van der Waals surface area contributed by atoms with Crippen LogP contribution in [0.25, 0.3) is 11.5 Å². The van der Waals surface area contributed by atoms with Gasteiger partial charge in [-0.25, -0.2) is 4.79 Å². The largest absolute Gasteiger partial charge is 0.482 e. The lowest BCUT2D eigenvalue weighted by atomic mass is 10.1. The third-order valence-electron chi connectivity index (χ3n) is 3.83. The number of benzene rings is 2. The first-order chi connectivity index (χ1) is 12.5. The number of nitrogens with zero attached hydrogens (tertiary/aromatic N) is 2. The van der Waals surface area contributed by atoms with Crippen LogP contribution >= 0.6 is 0 Å². The summed E-state index contributed by atoms with van der Waals surface area (Å²) in [4.78, 5) is 12.0. The van der Waals surface area contributed by atoms with E-state index in [9.17, 15) is 4.79 Å². The average Bonchev–Trinajstić information content (AvgIpc) is 3.12. The molecular weight excluding hydrogens is 332 g/mol. The summed E-state index contributed by atoms with van der Waals surface area (Å²) in [5.74, 6) is 0.774. The molecule has 134 valence electrons. The summed E-state index contributed by atoms with van der Waals surface area (Å²) in [5, 5.41) is 7.98. The lowest BCUT2D eigenvalue weighted by molar-refractivity contribution is -0.152. The van der Waals surface area contributed by atoms with Crippen molar-refractivity contribution in [2.24, 2.45) is 0 Å². The SMILES string of the molecule is Cc1ccc(-c2nnc([C@H](C)OC(=O)COc3ccccc3C)o2)cc1. The number of carbonyl (C=O) groups excluding carboxylic acids is 1. The number of esters is 1. The summed E-state index contributed by atoms with van der Waals surface area (Å²) in [6.45, 7) is 5.41. The quantitative estimate of drug-likeness (QED) is 0.623. The molecule has 2 aromatic carbocycles. The van der Waals surface area contributed by atoms with E-state index in [1.165, 1.54) is 0 Å². The van der Waals surface area contributed by atoms with Crippen LogP contribution in [0, 0.1) is 13.8 Å². The van der Waals surface area contributed by atoms with E-state index in [1.54, 1.807) is 13.0 Å². The van der Waals surface area contributed by atoms with Gasteiger partial charge in [-0.15, -0.1) is 10.2 Å². The molecule has 0 bridgehead atoms. The number of hydrogen-bond acceptors (Lipinski definition) is 6. The van der Waals surface area contributed by atoms with Gasteiger partial charge in [0.1, 0.15) is 5.75 Å². The minimum absolute atomic E-state index is 0.186. The summed E-state index contributed by atoms with van der Waals surface area (Å²) in [6.07, 6.45) is -0.658. The molecule has 0 N–H and O–H groups in total. The number of ether oxygens (including phenoxy) is 2. The van der Waals surface area contributed by atoms with Gasteiger partial charge in [0.05, 0.1) is 0 Å². The van der Waals surface area contributed by atoms with Crippen molar-refractivity contribution in [1.82, 2.24) is 10.2 Å². The highest BCUT2D eigenvalue weighted by molar-refractivity contribution is 5.71. The zero-order valence-electron chi connectivity index (χ0n) is 14.9. The average molecular weight is 352 g/mol. The van der Waals surface area contributed by atoms with Crippen LogP contribution in [0.5, 0.6) is 5.75 Å². The molecule has 6 heteroatoms. The van der Waals surface area contributed by atoms with Crippen LogP contribution in [0.1, 0.15) is 30.0 Å². The predicted octanol–water partition coefficient (Wildman–Crippen LogP) is 4.04. The molecule has 0 fully saturated rings. The Hall–Kier alpha value is -3.15. The van der Waals surface area contributed by atoms with Gasteiger partial charge < -0.3 is 13.9 Å². The van der Waals surface area contributed by atoms with E-state index in [-0.39, 0.29) is 12.5 Å². The Morgan fingerprint density at radius 3 is 2.54 bits per heavy atom. The zero-order valence-corrected chi connectivity index (χ0v) is 14.9. The maximum atomic E-state index is 12.0. The van der Waals surface area contributed by atoms with Crippen LogP contribution in [0.2, 0.25) is 0 Å². The van der Waals surface area contributed by atoms with Crippen LogP contribution in [-0.2, 0) is 9.53 Å². The molecule has 0 saturated heterocycles. The molecule has 0 aliphatic heterocycles. The summed E-state index contributed by atoms with van der Waals surface area (Å²) < 4.78 is 16.4. The lowest BCUT2D eigenvalue weighted by Gasteiger charge is -2.11. The van der Waals surface area contributed by atoms with Gasteiger partial charge in [0.25, 0.3) is 5.89 Å². The van der Waals surface area contributed by atoms with Gasteiger partial charge >= 0.3 is 5.97 Å². The highest BCUT2D eigenvalue weighted by Crippen LogP contribution is 2.23. The van der Waals surface area contributed by atoms with Crippen LogP contribution in [0.3, 0.4) is 0 Å². The molecule has 0 aliphatic carbocycles. The normalized spacial score (nSPS) is 11.8. The molecule has 26 heavy (non-hydrogen) atoms. The summed E-state index contributed by atoms with van der Waals surface area (Å²) in [5.41, 5.74) is 2.91. The van der Waals surface area contributed by atoms with Gasteiger partial charge in [-0.3, -0.25) is 0 Å². The first-order valence-electron chi connectivity index (χ1n) is 8.31. The van der Waals surface area contributed by atoms with Crippen molar-refractivity contribution in [3.05, 3.63) is 65.5 Å². The topological polar surface area (TPSA) is 74.5 Å². The van der Waals surface area contributed by atoms with Crippen molar-refractivity contribution in [2.75, 3.05) is 6.61 Å². The number of hydrogen-bond donors (Lipinski definition) is 0. The van der Waals surface area contributed by atoms with Gasteiger partial charge in [-0.2, -0.15) is 0 Å². The Morgan fingerprint density at radius 1 is 1.08 bits per heavy atom. The van der Waals surface area contributed by atoms with E-state index in [2.05, 4.69) is 10.2 Å². The third-order valence-corrected chi connectivity index (χ3v) is 3.83. The van der Waals surface area contributed by atoms with Gasteiger partial charge in [0.2, 0.25) is 5.89 Å². The zero-order chi connectivity index (χ0) is 18.5. The second-order valence-electron chi connectivity index (χ2n) is 6.00. The highest BCUT2D eigenvalue weighted by Gasteiger charge is 2.19. The maximum absolute atomic E-state index is 12.0. The van der Waals surface area contributed by atoms with Crippen molar-refractivity contribution < 1.29 is 18.7 Å². The maximum Gasteiger partial charge on any atom is 0.344 e. The van der Waals surface area contributed by atoms with Crippen molar-refractivity contribution in [3.8, 4) is 17.2 Å². The minimum Gasteiger partial charge on any atom is -0.482 e. The molecule has 0 radical (unpaired) electrons. The van der Waals surface area contributed by atoms with Crippen LogP contribution in [0.15, 0.2) is 52.9 Å². The van der Waals surface area contributed by atoms with Crippen LogP contribution in [0.4, 0.5) is 0 Å². The third kappa shape index (κ3) is 4.27. The van der Waals surface area contributed by atoms with Crippen LogP contribution < -0.4 is 4.74 Å². The van der Waals surface area contributed by atoms with E-state index in [0.717, 1.165) is 16.7 Å². The van der Waals surface area contributed by atoms with Crippen molar-refractivity contribution >= 4 is 5.97 Å². The number of aryl methyl sites for hydroxylation is 2. The molecule has 1 aromatic heterocycles. The van der Waals surface area contributed by atoms with Crippen molar-refractivity contribution in [2.45, 2.75) is 26.9 Å². The molecule has 0 aliphatic rings. The van der Waals surface area contributed by atoms with E-state index < -0.39 is 12.1 Å². The molecule has 0 saturated carbocycles. The molecule has 6 nitrogen and oxygen atoms in total. The van der Waals surface area contributed by atoms with Crippen molar-refractivity contribution in [1.29, 1.82) is 0 Å². The minimum atomic E-state index is -0.658. The van der Waals surface area contributed by atoms with Gasteiger partial charge in [-0.05, 0) is 44.5 Å². The van der Waals surface area contributed by atoms with E-state index in [1.807, 2.05) is 56.3 Å². The molecule has 1 heterocycles. The van der Waals surface area contributed by atoms with Gasteiger partial charge in [0.15, 0.2) is 12.7 Å². The second kappa shape index (κ2) is 7.82. The Labute approximate surface area is 151 Å². The fourth-order valence-corrected chi connectivity index (χ4v) is 2.35. The number of rotatable bonds is 6. The monoisotopic (exact) mass is 352 g/mol. The molecular formula is C20H20N2O4. The molecule has 0 amide bonds.